The van der Waals surface area contributed by atoms with Crippen LogP contribution in [0.15, 0.2) is 47.0 Å². The molecular formula is C19H15ClF2N2O2. The largest absolute Gasteiger partial charge is 0.360 e. The van der Waals surface area contributed by atoms with E-state index in [4.69, 9.17) is 16.1 Å². The van der Waals surface area contributed by atoms with Crippen LogP contribution in [0.5, 0.6) is 0 Å². The van der Waals surface area contributed by atoms with E-state index in [1.807, 2.05) is 0 Å². The second kappa shape index (κ2) is 7.25. The molecule has 0 saturated heterocycles. The minimum atomic E-state index is -0.614. The number of carbonyl (C=O) groups is 1. The topological polar surface area (TPSA) is 46.3 Å². The summed E-state index contributed by atoms with van der Waals surface area (Å²) in [4.78, 5) is 14.2. The number of amides is 1. The number of aromatic nitrogens is 1. The van der Waals surface area contributed by atoms with E-state index in [1.54, 1.807) is 25.1 Å². The highest BCUT2D eigenvalue weighted by atomic mass is 35.5. The number of hydrogen-bond donors (Lipinski definition) is 0. The molecule has 2 aromatic carbocycles. The van der Waals surface area contributed by atoms with Gasteiger partial charge in [0.1, 0.15) is 28.7 Å². The van der Waals surface area contributed by atoms with Crippen molar-refractivity contribution < 1.29 is 18.1 Å². The molecule has 0 fully saturated rings. The lowest BCUT2D eigenvalue weighted by molar-refractivity contribution is 0.0782. The molecule has 7 heteroatoms. The predicted molar refractivity (Wildman–Crippen MR) is 93.8 cm³/mol. The Morgan fingerprint density at radius 1 is 1.15 bits per heavy atom. The molecule has 1 heterocycles. The van der Waals surface area contributed by atoms with E-state index in [9.17, 15) is 13.6 Å². The molecule has 0 radical (unpaired) electrons. The molecule has 0 saturated carbocycles. The molecular weight excluding hydrogens is 362 g/mol. The van der Waals surface area contributed by atoms with Gasteiger partial charge in [0.15, 0.2) is 0 Å². The van der Waals surface area contributed by atoms with Gasteiger partial charge >= 0.3 is 0 Å². The Kier molecular flexibility index (Phi) is 5.04. The fourth-order valence-corrected chi connectivity index (χ4v) is 2.92. The summed E-state index contributed by atoms with van der Waals surface area (Å²) in [5.74, 6) is -1.27. The lowest BCUT2D eigenvalue weighted by Gasteiger charge is -2.18. The predicted octanol–water partition coefficient (Wildman–Crippen LogP) is 4.85. The normalized spacial score (nSPS) is 10.8. The van der Waals surface area contributed by atoms with E-state index in [0.717, 1.165) is 0 Å². The van der Waals surface area contributed by atoms with Crippen molar-refractivity contribution in [1.82, 2.24) is 10.1 Å². The van der Waals surface area contributed by atoms with Crippen molar-refractivity contribution in [3.8, 4) is 11.3 Å². The fourth-order valence-electron chi connectivity index (χ4n) is 2.66. The van der Waals surface area contributed by atoms with Gasteiger partial charge in [-0.15, -0.1) is 0 Å². The van der Waals surface area contributed by atoms with Crippen LogP contribution in [-0.2, 0) is 6.54 Å². The van der Waals surface area contributed by atoms with Crippen LogP contribution in [-0.4, -0.2) is 23.0 Å². The summed E-state index contributed by atoms with van der Waals surface area (Å²) >= 11 is 6.08. The highest BCUT2D eigenvalue weighted by molar-refractivity contribution is 6.33. The lowest BCUT2D eigenvalue weighted by Crippen LogP contribution is -2.27. The molecule has 0 atom stereocenters. The van der Waals surface area contributed by atoms with Crippen molar-refractivity contribution in [2.24, 2.45) is 0 Å². The summed E-state index contributed by atoms with van der Waals surface area (Å²) in [6, 6.07) is 10.4. The zero-order chi connectivity index (χ0) is 18.8. The first-order valence-electron chi connectivity index (χ1n) is 7.79. The van der Waals surface area contributed by atoms with Crippen LogP contribution in [0.4, 0.5) is 8.78 Å². The van der Waals surface area contributed by atoms with Crippen molar-refractivity contribution in [2.75, 3.05) is 7.05 Å². The van der Waals surface area contributed by atoms with Crippen molar-refractivity contribution in [3.63, 3.8) is 0 Å². The number of halogens is 3. The Labute approximate surface area is 154 Å². The average Bonchev–Trinajstić information content (AvgIpc) is 2.97. The zero-order valence-corrected chi connectivity index (χ0v) is 14.8. The van der Waals surface area contributed by atoms with Crippen molar-refractivity contribution in [1.29, 1.82) is 0 Å². The van der Waals surface area contributed by atoms with Crippen LogP contribution >= 0.6 is 11.6 Å². The zero-order valence-electron chi connectivity index (χ0n) is 14.1. The molecule has 0 aliphatic heterocycles. The first-order chi connectivity index (χ1) is 12.4. The van der Waals surface area contributed by atoms with Gasteiger partial charge in [-0.25, -0.2) is 8.78 Å². The minimum Gasteiger partial charge on any atom is -0.360 e. The molecule has 3 rings (SSSR count). The summed E-state index contributed by atoms with van der Waals surface area (Å²) in [5, 5.41) is 3.93. The lowest BCUT2D eigenvalue weighted by atomic mass is 10.0. The maximum atomic E-state index is 14.2. The molecule has 0 spiro atoms. The van der Waals surface area contributed by atoms with Crippen LogP contribution in [0.3, 0.4) is 0 Å². The molecule has 0 aliphatic carbocycles. The first kappa shape index (κ1) is 18.1. The summed E-state index contributed by atoms with van der Waals surface area (Å²) in [5.41, 5.74) is 0.475. The summed E-state index contributed by atoms with van der Waals surface area (Å²) in [6.07, 6.45) is 0. The summed E-state index contributed by atoms with van der Waals surface area (Å²) < 4.78 is 33.2. The Bertz CT molecular complexity index is 952. The van der Waals surface area contributed by atoms with E-state index in [0.29, 0.717) is 5.56 Å². The van der Waals surface area contributed by atoms with Gasteiger partial charge in [0.2, 0.25) is 0 Å². The second-order valence-electron chi connectivity index (χ2n) is 5.81. The van der Waals surface area contributed by atoms with E-state index >= 15 is 0 Å². The molecule has 0 N–H and O–H groups in total. The maximum Gasteiger partial charge on any atom is 0.259 e. The molecule has 1 aromatic heterocycles. The second-order valence-corrected chi connectivity index (χ2v) is 6.22. The van der Waals surface area contributed by atoms with Gasteiger partial charge in [-0.3, -0.25) is 4.79 Å². The van der Waals surface area contributed by atoms with Crippen LogP contribution in [0.2, 0.25) is 5.02 Å². The van der Waals surface area contributed by atoms with Gasteiger partial charge in [0.05, 0.1) is 10.6 Å². The average molecular weight is 377 g/mol. The van der Waals surface area contributed by atoms with Crippen molar-refractivity contribution in [2.45, 2.75) is 13.5 Å². The summed E-state index contributed by atoms with van der Waals surface area (Å²) in [7, 11) is 1.52. The molecule has 0 aliphatic rings. The molecule has 3 aromatic rings. The van der Waals surface area contributed by atoms with Crippen LogP contribution in [0.1, 0.15) is 21.7 Å². The van der Waals surface area contributed by atoms with Crippen molar-refractivity contribution >= 4 is 17.5 Å². The van der Waals surface area contributed by atoms with E-state index in [2.05, 4.69) is 5.16 Å². The van der Waals surface area contributed by atoms with Gasteiger partial charge in [-0.05, 0) is 25.1 Å². The number of aryl methyl sites for hydroxylation is 1. The first-order valence-corrected chi connectivity index (χ1v) is 8.17. The van der Waals surface area contributed by atoms with Gasteiger partial charge < -0.3 is 9.42 Å². The third-order valence-electron chi connectivity index (χ3n) is 3.99. The number of hydrogen-bond acceptors (Lipinski definition) is 3. The Morgan fingerprint density at radius 3 is 2.54 bits per heavy atom. The molecule has 1 amide bonds. The minimum absolute atomic E-state index is 0.00587. The fraction of sp³-hybridized carbons (Fsp3) is 0.158. The number of nitrogens with zero attached hydrogens (tertiary/aromatic N) is 2. The quantitative estimate of drug-likeness (QED) is 0.653. The summed E-state index contributed by atoms with van der Waals surface area (Å²) in [6.45, 7) is 1.59. The Balaban J connectivity index is 1.98. The van der Waals surface area contributed by atoms with E-state index in [1.165, 1.54) is 36.2 Å². The molecule has 0 unspecified atom stereocenters. The number of benzene rings is 2. The Hall–Kier alpha value is -2.73. The van der Waals surface area contributed by atoms with E-state index in [-0.39, 0.29) is 34.1 Å². The van der Waals surface area contributed by atoms with Crippen molar-refractivity contribution in [3.05, 3.63) is 76.0 Å². The van der Waals surface area contributed by atoms with Crippen LogP contribution < -0.4 is 0 Å². The third-order valence-corrected chi connectivity index (χ3v) is 4.30. The van der Waals surface area contributed by atoms with Gasteiger partial charge in [0, 0.05) is 19.2 Å². The third kappa shape index (κ3) is 3.32. The van der Waals surface area contributed by atoms with E-state index < -0.39 is 17.5 Å². The standard InChI is InChI=1S/C19H15ClF2N2O2/c1-11-16(18(23-26-11)17-13(20)7-5-9-15(17)22)19(25)24(2)10-12-6-3-4-8-14(12)21/h3-9H,10H2,1-2H3. The molecule has 4 nitrogen and oxygen atoms in total. The van der Waals surface area contributed by atoms with Gasteiger partial charge in [0.25, 0.3) is 5.91 Å². The number of rotatable bonds is 4. The highest BCUT2D eigenvalue weighted by Crippen LogP contribution is 2.34. The van der Waals surface area contributed by atoms with Gasteiger partial charge in [-0.1, -0.05) is 41.0 Å². The highest BCUT2D eigenvalue weighted by Gasteiger charge is 2.27. The SMILES string of the molecule is Cc1onc(-c2c(F)cccc2Cl)c1C(=O)N(C)Cc1ccccc1F. The molecule has 26 heavy (non-hydrogen) atoms. The molecule has 0 bridgehead atoms. The smallest absolute Gasteiger partial charge is 0.259 e. The van der Waals surface area contributed by atoms with Crippen LogP contribution in [0.25, 0.3) is 11.3 Å². The Morgan fingerprint density at radius 2 is 1.85 bits per heavy atom. The van der Waals surface area contributed by atoms with Crippen LogP contribution in [0, 0.1) is 18.6 Å². The molecule has 134 valence electrons. The maximum absolute atomic E-state index is 14.2. The van der Waals surface area contributed by atoms with Gasteiger partial charge in [-0.2, -0.15) is 0 Å². The monoisotopic (exact) mass is 376 g/mol. The number of carbonyl (C=O) groups excluding carboxylic acids is 1.